The van der Waals surface area contributed by atoms with Gasteiger partial charge in [-0.15, -0.1) is 0 Å². The van der Waals surface area contributed by atoms with Gasteiger partial charge in [-0.3, -0.25) is 4.79 Å². The minimum atomic E-state index is -3.36. The minimum absolute atomic E-state index is 0.00716. The summed E-state index contributed by atoms with van der Waals surface area (Å²) in [5, 5.41) is 18.6. The van der Waals surface area contributed by atoms with Gasteiger partial charge in [0.25, 0.3) is 5.91 Å². The molecule has 0 aliphatic rings. The van der Waals surface area contributed by atoms with Crippen LogP contribution >= 0.6 is 0 Å². The number of urea groups is 1. The molecule has 3 aromatic carbocycles. The SMILES string of the molecule is CCCS(=O)(=O)c1ccc(NC(=O)Nc2ccc(NC(=O)C(CC)Oc3ccc(C(C)(C)CC)cc3C(C)(C)CC)cc2O)cc1. The molecule has 250 valence electrons. The molecule has 0 saturated carbocycles. The molecule has 0 aliphatic carbocycles. The first-order chi connectivity index (χ1) is 21.6. The van der Waals surface area contributed by atoms with Crippen molar-refractivity contribution in [2.75, 3.05) is 21.7 Å². The summed E-state index contributed by atoms with van der Waals surface area (Å²) >= 11 is 0. The smallest absolute Gasteiger partial charge is 0.323 e. The van der Waals surface area contributed by atoms with Gasteiger partial charge in [0.1, 0.15) is 11.5 Å². The molecule has 4 N–H and O–H groups in total. The second kappa shape index (κ2) is 15.0. The van der Waals surface area contributed by atoms with E-state index in [2.05, 4.69) is 69.6 Å². The first kappa shape index (κ1) is 36.4. The molecule has 0 aromatic heterocycles. The van der Waals surface area contributed by atoms with E-state index in [0.717, 1.165) is 18.4 Å². The average Bonchev–Trinajstić information content (AvgIpc) is 3.01. The van der Waals surface area contributed by atoms with E-state index >= 15 is 0 Å². The van der Waals surface area contributed by atoms with Gasteiger partial charge in [0.2, 0.25) is 0 Å². The number of hydrogen-bond acceptors (Lipinski definition) is 6. The topological polar surface area (TPSA) is 134 Å². The van der Waals surface area contributed by atoms with Crippen LogP contribution in [-0.2, 0) is 25.5 Å². The number of nitrogens with one attached hydrogen (secondary N) is 3. The number of carbonyl (C=O) groups excluding carboxylic acids is 2. The maximum absolute atomic E-state index is 13.3. The van der Waals surface area contributed by atoms with Crippen molar-refractivity contribution in [1.82, 2.24) is 0 Å². The standard InChI is InChI=1S/C36H49N3O6S/c1-9-21-46(43,44)27-17-14-25(15-18-27)38-34(42)39-29-19-16-26(23-30(29)40)37-33(41)31(10-2)45-32-20-13-24(35(5,6)11-3)22-28(32)36(7,8)12-4/h13-20,22-23,31,40H,9-12,21H2,1-8H3,(H,37,41)(H2,38,39,42). The van der Waals surface area contributed by atoms with E-state index in [1.165, 1.54) is 42.0 Å². The third-order valence-corrected chi connectivity index (χ3v) is 10.6. The maximum atomic E-state index is 13.3. The van der Waals surface area contributed by atoms with Crippen LogP contribution in [0.4, 0.5) is 21.9 Å². The fourth-order valence-electron chi connectivity index (χ4n) is 4.81. The molecule has 0 saturated heterocycles. The van der Waals surface area contributed by atoms with E-state index in [4.69, 9.17) is 4.74 Å². The van der Waals surface area contributed by atoms with Crippen LogP contribution < -0.4 is 20.7 Å². The first-order valence-corrected chi connectivity index (χ1v) is 17.6. The van der Waals surface area contributed by atoms with E-state index in [9.17, 15) is 23.1 Å². The van der Waals surface area contributed by atoms with Gasteiger partial charge in [-0.05, 0) is 84.5 Å². The maximum Gasteiger partial charge on any atom is 0.323 e. The van der Waals surface area contributed by atoms with E-state index in [-0.39, 0.29) is 38.8 Å². The molecule has 3 amide bonds. The monoisotopic (exact) mass is 651 g/mol. The zero-order valence-electron chi connectivity index (χ0n) is 28.3. The lowest BCUT2D eigenvalue weighted by Gasteiger charge is -2.31. The molecule has 3 aromatic rings. The Bertz CT molecular complexity index is 1630. The largest absolute Gasteiger partial charge is 0.506 e. The molecule has 0 spiro atoms. The highest BCUT2D eigenvalue weighted by Crippen LogP contribution is 2.39. The van der Waals surface area contributed by atoms with E-state index < -0.39 is 22.0 Å². The Hall–Kier alpha value is -4.05. The van der Waals surface area contributed by atoms with Crippen molar-refractivity contribution in [1.29, 1.82) is 0 Å². The molecule has 0 aliphatic heterocycles. The number of hydrogen-bond donors (Lipinski definition) is 4. The molecular weight excluding hydrogens is 602 g/mol. The number of anilines is 3. The summed E-state index contributed by atoms with van der Waals surface area (Å²) in [7, 11) is -3.36. The van der Waals surface area contributed by atoms with Gasteiger partial charge in [0, 0.05) is 23.0 Å². The van der Waals surface area contributed by atoms with Gasteiger partial charge >= 0.3 is 6.03 Å². The molecule has 10 heteroatoms. The molecule has 1 atom stereocenters. The van der Waals surface area contributed by atoms with Crippen molar-refractivity contribution >= 4 is 38.8 Å². The van der Waals surface area contributed by atoms with E-state index in [0.29, 0.717) is 30.0 Å². The first-order valence-electron chi connectivity index (χ1n) is 15.9. The Morgan fingerprint density at radius 2 is 1.43 bits per heavy atom. The Morgan fingerprint density at radius 1 is 0.804 bits per heavy atom. The summed E-state index contributed by atoms with van der Waals surface area (Å²) in [6.45, 7) is 16.8. The molecule has 1 unspecified atom stereocenters. The predicted octanol–water partition coefficient (Wildman–Crippen LogP) is 8.39. The molecule has 0 heterocycles. The number of carbonyl (C=O) groups is 2. The van der Waals surface area contributed by atoms with Crippen LogP contribution in [0.1, 0.15) is 92.2 Å². The highest BCUT2D eigenvalue weighted by Gasteiger charge is 2.29. The summed E-state index contributed by atoms with van der Waals surface area (Å²) in [6, 6.07) is 15.9. The highest BCUT2D eigenvalue weighted by molar-refractivity contribution is 7.91. The van der Waals surface area contributed by atoms with Gasteiger partial charge in [-0.25, -0.2) is 13.2 Å². The number of rotatable bonds is 14. The number of phenolic OH excluding ortho intramolecular Hbond substituents is 1. The van der Waals surface area contributed by atoms with Gasteiger partial charge in [0.15, 0.2) is 15.9 Å². The molecule has 9 nitrogen and oxygen atoms in total. The van der Waals surface area contributed by atoms with E-state index in [1.54, 1.807) is 13.0 Å². The van der Waals surface area contributed by atoms with Gasteiger partial charge in [0.05, 0.1) is 16.3 Å². The fourth-order valence-corrected chi connectivity index (χ4v) is 6.13. The summed E-state index contributed by atoms with van der Waals surface area (Å²) in [6.07, 6.45) is 2.05. The zero-order chi connectivity index (χ0) is 34.3. The molecule has 0 bridgehead atoms. The normalized spacial score (nSPS) is 12.7. The molecule has 46 heavy (non-hydrogen) atoms. The molecule has 0 fully saturated rings. The predicted molar refractivity (Wildman–Crippen MR) is 186 cm³/mol. The molecule has 3 rings (SSSR count). The summed E-state index contributed by atoms with van der Waals surface area (Å²) in [5.41, 5.74) is 2.98. The van der Waals surface area contributed by atoms with Gasteiger partial charge in [-0.2, -0.15) is 0 Å². The Balaban J connectivity index is 1.69. The lowest BCUT2D eigenvalue weighted by Crippen LogP contribution is -2.33. The van der Waals surface area contributed by atoms with Crippen molar-refractivity contribution < 1.29 is 27.9 Å². The summed E-state index contributed by atoms with van der Waals surface area (Å²) in [4.78, 5) is 26.1. The number of aromatic hydroxyl groups is 1. The van der Waals surface area contributed by atoms with Gasteiger partial charge < -0.3 is 25.8 Å². The van der Waals surface area contributed by atoms with Gasteiger partial charge in [-0.1, -0.05) is 67.5 Å². The summed E-state index contributed by atoms with van der Waals surface area (Å²) in [5.74, 6) is 0.119. The second-order valence-corrected chi connectivity index (χ2v) is 15.0. The van der Waals surface area contributed by atoms with Crippen molar-refractivity contribution in [2.24, 2.45) is 0 Å². The van der Waals surface area contributed by atoms with Crippen LogP contribution in [-0.4, -0.2) is 37.3 Å². The van der Waals surface area contributed by atoms with Crippen molar-refractivity contribution in [3.8, 4) is 11.5 Å². The van der Waals surface area contributed by atoms with Crippen molar-refractivity contribution in [2.45, 2.75) is 103 Å². The number of ether oxygens (including phenoxy) is 1. The quantitative estimate of drug-likeness (QED) is 0.129. The van der Waals surface area contributed by atoms with Crippen molar-refractivity contribution in [3.63, 3.8) is 0 Å². The van der Waals surface area contributed by atoms with Crippen molar-refractivity contribution in [3.05, 3.63) is 71.8 Å². The van der Waals surface area contributed by atoms with Crippen LogP contribution in [0.5, 0.6) is 11.5 Å². The summed E-state index contributed by atoms with van der Waals surface area (Å²) < 4.78 is 30.8. The average molecular weight is 652 g/mol. The lowest BCUT2D eigenvalue weighted by molar-refractivity contribution is -0.122. The zero-order valence-corrected chi connectivity index (χ0v) is 29.1. The minimum Gasteiger partial charge on any atom is -0.506 e. The third-order valence-electron chi connectivity index (χ3n) is 8.65. The second-order valence-electron chi connectivity index (χ2n) is 12.8. The Kier molecular flexibility index (Phi) is 11.9. The van der Waals surface area contributed by atoms with E-state index in [1.807, 2.05) is 13.0 Å². The number of amides is 3. The highest BCUT2D eigenvalue weighted by atomic mass is 32.2. The third kappa shape index (κ3) is 9.02. The van der Waals surface area contributed by atoms with Crippen LogP contribution in [0, 0.1) is 0 Å². The number of sulfone groups is 1. The van der Waals surface area contributed by atoms with Crippen LogP contribution in [0.25, 0.3) is 0 Å². The lowest BCUT2D eigenvalue weighted by atomic mass is 9.76. The fraction of sp³-hybridized carbons (Fsp3) is 0.444. The Labute approximate surface area is 274 Å². The van der Waals surface area contributed by atoms with Crippen LogP contribution in [0.3, 0.4) is 0 Å². The molecule has 0 radical (unpaired) electrons. The van der Waals surface area contributed by atoms with Crippen LogP contribution in [0.15, 0.2) is 65.6 Å². The Morgan fingerprint density at radius 3 is 2.00 bits per heavy atom. The molecular formula is C36H49N3O6S. The number of benzene rings is 3. The number of phenols is 1. The van der Waals surface area contributed by atoms with Crippen LogP contribution in [0.2, 0.25) is 0 Å².